The zero-order valence-corrected chi connectivity index (χ0v) is 12.9. The lowest BCUT2D eigenvalue weighted by Crippen LogP contribution is -2.25. The van der Waals surface area contributed by atoms with Crippen molar-refractivity contribution in [2.24, 2.45) is 7.05 Å². The molecule has 0 aliphatic heterocycles. The predicted octanol–water partition coefficient (Wildman–Crippen LogP) is 1.00. The van der Waals surface area contributed by atoms with Gasteiger partial charge in [-0.1, -0.05) is 18.2 Å². The maximum absolute atomic E-state index is 13.5. The molecule has 0 bridgehead atoms. The van der Waals surface area contributed by atoms with Gasteiger partial charge in [-0.05, 0) is 19.2 Å². The van der Waals surface area contributed by atoms with Gasteiger partial charge in [-0.2, -0.15) is 0 Å². The quantitative estimate of drug-likeness (QED) is 0.861. The van der Waals surface area contributed by atoms with Crippen LogP contribution >= 0.6 is 0 Å². The minimum Gasteiger partial charge on any atom is -0.347 e. The smallest absolute Gasteiger partial charge is 0.268 e. The van der Waals surface area contributed by atoms with E-state index >= 15 is 0 Å². The van der Waals surface area contributed by atoms with Gasteiger partial charge in [0.25, 0.3) is 5.91 Å². The van der Waals surface area contributed by atoms with E-state index < -0.39 is 21.7 Å². The van der Waals surface area contributed by atoms with E-state index in [1.165, 1.54) is 29.9 Å². The van der Waals surface area contributed by atoms with Crippen LogP contribution in [0.3, 0.4) is 0 Å². The highest BCUT2D eigenvalue weighted by atomic mass is 32.2. The summed E-state index contributed by atoms with van der Waals surface area (Å²) in [4.78, 5) is 12.1. The molecule has 0 radical (unpaired) electrons. The third-order valence-corrected chi connectivity index (χ3v) is 4.57. The van der Waals surface area contributed by atoms with Crippen LogP contribution in [0.2, 0.25) is 0 Å². The first-order valence-corrected chi connectivity index (χ1v) is 7.95. The zero-order valence-electron chi connectivity index (χ0n) is 12.1. The fourth-order valence-corrected chi connectivity index (χ4v) is 2.73. The van der Waals surface area contributed by atoms with Gasteiger partial charge in [0.15, 0.2) is 0 Å². The summed E-state index contributed by atoms with van der Waals surface area (Å²) in [6.45, 7) is 0.0186. The number of carbonyl (C=O) groups excluding carboxylic acids is 1. The molecule has 0 fully saturated rings. The number of aromatic nitrogens is 1. The molecule has 8 heteroatoms. The standard InChI is InChI=1S/C14H16FN3O3S/c1-16-22(20,21)11-7-13(18(2)9-11)14(19)17-8-10-5-3-4-6-12(10)15/h3-7,9,16H,8H2,1-2H3,(H,17,19). The van der Waals surface area contributed by atoms with Crippen molar-refractivity contribution in [3.05, 3.63) is 53.6 Å². The third kappa shape index (κ3) is 3.34. The second kappa shape index (κ2) is 6.29. The normalized spacial score (nSPS) is 11.4. The first kappa shape index (κ1) is 16.2. The zero-order chi connectivity index (χ0) is 16.3. The fourth-order valence-electron chi connectivity index (χ4n) is 1.93. The van der Waals surface area contributed by atoms with E-state index in [1.54, 1.807) is 25.2 Å². The van der Waals surface area contributed by atoms with E-state index in [0.717, 1.165) is 0 Å². The van der Waals surface area contributed by atoms with Crippen LogP contribution in [0.1, 0.15) is 16.1 Å². The van der Waals surface area contributed by atoms with Crippen LogP contribution in [0.25, 0.3) is 0 Å². The van der Waals surface area contributed by atoms with Gasteiger partial charge in [-0.3, -0.25) is 4.79 Å². The van der Waals surface area contributed by atoms with Gasteiger partial charge in [-0.25, -0.2) is 17.5 Å². The van der Waals surface area contributed by atoms with Crippen molar-refractivity contribution < 1.29 is 17.6 Å². The minimum absolute atomic E-state index is 0.00598. The average molecular weight is 325 g/mol. The van der Waals surface area contributed by atoms with Crippen LogP contribution < -0.4 is 10.0 Å². The Morgan fingerprint density at radius 1 is 1.32 bits per heavy atom. The summed E-state index contributed by atoms with van der Waals surface area (Å²) in [5, 5.41) is 2.56. The molecule has 2 rings (SSSR count). The Morgan fingerprint density at radius 2 is 2.00 bits per heavy atom. The van der Waals surface area contributed by atoms with E-state index in [2.05, 4.69) is 10.0 Å². The molecule has 118 valence electrons. The number of hydrogen-bond donors (Lipinski definition) is 2. The van der Waals surface area contributed by atoms with Crippen molar-refractivity contribution in [1.29, 1.82) is 0 Å². The van der Waals surface area contributed by atoms with Crippen LogP contribution in [0, 0.1) is 5.82 Å². The van der Waals surface area contributed by atoms with Crippen LogP contribution in [-0.2, 0) is 23.6 Å². The Bertz CT molecular complexity index is 799. The topological polar surface area (TPSA) is 80.2 Å². The molecular weight excluding hydrogens is 309 g/mol. The summed E-state index contributed by atoms with van der Waals surface area (Å²) in [6.07, 6.45) is 1.34. The van der Waals surface area contributed by atoms with Crippen LogP contribution in [0.4, 0.5) is 4.39 Å². The molecule has 0 unspecified atom stereocenters. The lowest BCUT2D eigenvalue weighted by molar-refractivity contribution is 0.0942. The van der Waals surface area contributed by atoms with Gasteiger partial charge in [0, 0.05) is 25.4 Å². The maximum Gasteiger partial charge on any atom is 0.268 e. The SMILES string of the molecule is CNS(=O)(=O)c1cc(C(=O)NCc2ccccc2F)n(C)c1. The monoisotopic (exact) mass is 325 g/mol. The average Bonchev–Trinajstić information content (AvgIpc) is 2.89. The molecule has 2 N–H and O–H groups in total. The fraction of sp³-hybridized carbons (Fsp3) is 0.214. The highest BCUT2D eigenvalue weighted by molar-refractivity contribution is 7.89. The van der Waals surface area contributed by atoms with Crippen molar-refractivity contribution in [3.63, 3.8) is 0 Å². The highest BCUT2D eigenvalue weighted by Crippen LogP contribution is 2.13. The van der Waals surface area contributed by atoms with Gasteiger partial charge < -0.3 is 9.88 Å². The second-order valence-corrected chi connectivity index (χ2v) is 6.54. The molecular formula is C14H16FN3O3S. The number of hydrogen-bond acceptors (Lipinski definition) is 3. The molecule has 0 saturated heterocycles. The molecule has 1 aromatic carbocycles. The summed E-state index contributed by atoms with van der Waals surface area (Å²) in [5.41, 5.74) is 0.526. The van der Waals surface area contributed by atoms with Crippen molar-refractivity contribution in [2.75, 3.05) is 7.05 Å². The Hall–Kier alpha value is -2.19. The Balaban J connectivity index is 2.16. The number of aryl methyl sites for hydroxylation is 1. The van der Waals surface area contributed by atoms with Crippen molar-refractivity contribution in [3.8, 4) is 0 Å². The summed E-state index contributed by atoms with van der Waals surface area (Å²) < 4.78 is 40.5. The number of halogens is 1. The predicted molar refractivity (Wildman–Crippen MR) is 79.2 cm³/mol. The number of carbonyl (C=O) groups is 1. The van der Waals surface area contributed by atoms with Crippen LogP contribution in [0.5, 0.6) is 0 Å². The Labute approximate surface area is 128 Å². The number of rotatable bonds is 5. The van der Waals surface area contributed by atoms with Crippen molar-refractivity contribution in [1.82, 2.24) is 14.6 Å². The summed E-state index contributed by atoms with van der Waals surface area (Å²) in [6, 6.07) is 7.37. The molecule has 1 aromatic heterocycles. The van der Waals surface area contributed by atoms with Crippen molar-refractivity contribution in [2.45, 2.75) is 11.4 Å². The molecule has 2 aromatic rings. The first-order chi connectivity index (χ1) is 10.3. The highest BCUT2D eigenvalue weighted by Gasteiger charge is 2.19. The minimum atomic E-state index is -3.62. The third-order valence-electron chi connectivity index (χ3n) is 3.19. The summed E-state index contributed by atoms with van der Waals surface area (Å²) in [7, 11) is -0.764. The van der Waals surface area contributed by atoms with Crippen molar-refractivity contribution >= 4 is 15.9 Å². The molecule has 6 nitrogen and oxygen atoms in total. The number of nitrogens with one attached hydrogen (secondary N) is 2. The van der Waals surface area contributed by atoms with E-state index in [4.69, 9.17) is 0 Å². The number of amides is 1. The molecule has 22 heavy (non-hydrogen) atoms. The Morgan fingerprint density at radius 3 is 2.64 bits per heavy atom. The van der Waals surface area contributed by atoms with Crippen LogP contribution in [0.15, 0.2) is 41.4 Å². The maximum atomic E-state index is 13.5. The summed E-state index contributed by atoms with van der Waals surface area (Å²) in [5.74, 6) is -0.892. The van der Waals surface area contributed by atoms with Gasteiger partial charge in [0.2, 0.25) is 10.0 Å². The number of nitrogens with zero attached hydrogens (tertiary/aromatic N) is 1. The molecule has 0 aliphatic carbocycles. The largest absolute Gasteiger partial charge is 0.347 e. The van der Waals surface area contributed by atoms with E-state index in [9.17, 15) is 17.6 Å². The molecule has 0 atom stereocenters. The van der Waals surface area contributed by atoms with Gasteiger partial charge >= 0.3 is 0 Å². The van der Waals surface area contributed by atoms with Gasteiger partial charge in [0.05, 0.1) is 0 Å². The first-order valence-electron chi connectivity index (χ1n) is 6.46. The van der Waals surface area contributed by atoms with E-state index in [0.29, 0.717) is 5.56 Å². The molecule has 0 spiro atoms. The second-order valence-electron chi connectivity index (χ2n) is 4.65. The van der Waals surface area contributed by atoms with Crippen LogP contribution in [-0.4, -0.2) is 25.9 Å². The van der Waals surface area contributed by atoms with Gasteiger partial charge in [0.1, 0.15) is 16.4 Å². The molecule has 0 aliphatic rings. The van der Waals surface area contributed by atoms with E-state index in [-0.39, 0.29) is 17.1 Å². The van der Waals surface area contributed by atoms with Gasteiger partial charge in [-0.15, -0.1) is 0 Å². The lowest BCUT2D eigenvalue weighted by atomic mass is 10.2. The number of benzene rings is 1. The summed E-state index contributed by atoms with van der Waals surface area (Å²) >= 11 is 0. The molecule has 1 amide bonds. The van der Waals surface area contributed by atoms with E-state index in [1.807, 2.05) is 0 Å². The Kier molecular flexibility index (Phi) is 4.62. The lowest BCUT2D eigenvalue weighted by Gasteiger charge is -2.06. The number of sulfonamides is 1. The molecule has 1 heterocycles. The molecule has 0 saturated carbocycles.